The van der Waals surface area contributed by atoms with Crippen molar-refractivity contribution < 1.29 is 9.90 Å². The van der Waals surface area contributed by atoms with Gasteiger partial charge in [0, 0.05) is 6.42 Å². The highest BCUT2D eigenvalue weighted by atomic mass is 16.3. The lowest BCUT2D eigenvalue weighted by atomic mass is 9.90. The Morgan fingerprint density at radius 3 is 2.82 bits per heavy atom. The molecule has 1 rings (SSSR count). The first-order chi connectivity index (χ1) is 5.12. The Balaban J connectivity index is 2.61. The van der Waals surface area contributed by atoms with E-state index in [1.165, 1.54) is 6.92 Å². The van der Waals surface area contributed by atoms with Crippen LogP contribution in [0.4, 0.5) is 0 Å². The molecule has 0 heterocycles. The van der Waals surface area contributed by atoms with Crippen molar-refractivity contribution in [1.82, 2.24) is 0 Å². The van der Waals surface area contributed by atoms with Crippen LogP contribution in [0.25, 0.3) is 0 Å². The maximum Gasteiger partial charge on any atom is 0.133 e. The third-order valence-corrected chi connectivity index (χ3v) is 1.68. The maximum atomic E-state index is 10.7. The Morgan fingerprint density at radius 2 is 2.36 bits per heavy atom. The zero-order valence-corrected chi connectivity index (χ0v) is 6.58. The molecule has 0 amide bonds. The summed E-state index contributed by atoms with van der Waals surface area (Å²) in [5.41, 5.74) is -0.916. The van der Waals surface area contributed by atoms with E-state index in [-0.39, 0.29) is 12.2 Å². The van der Waals surface area contributed by atoms with Crippen LogP contribution in [0.2, 0.25) is 0 Å². The van der Waals surface area contributed by atoms with Gasteiger partial charge in [-0.2, -0.15) is 0 Å². The maximum absolute atomic E-state index is 10.7. The largest absolute Gasteiger partial charge is 0.385 e. The number of aliphatic hydroxyl groups is 1. The molecular weight excluding hydrogens is 140 g/mol. The third kappa shape index (κ3) is 2.31. The predicted octanol–water partition coefficient (Wildman–Crippen LogP) is 1.21. The molecule has 0 unspecified atom stereocenters. The Kier molecular flexibility index (Phi) is 2.25. The summed E-state index contributed by atoms with van der Waals surface area (Å²) < 4.78 is 0. The Hall–Kier alpha value is -0.890. The van der Waals surface area contributed by atoms with Crippen molar-refractivity contribution in [2.75, 3.05) is 0 Å². The second-order valence-electron chi connectivity index (χ2n) is 2.97. The van der Waals surface area contributed by atoms with E-state index in [1.54, 1.807) is 12.2 Å². The Bertz CT molecular complexity index is 216. The van der Waals surface area contributed by atoms with E-state index in [9.17, 15) is 9.90 Å². The molecule has 11 heavy (non-hydrogen) atoms. The Morgan fingerprint density at radius 1 is 1.64 bits per heavy atom. The average Bonchev–Trinajstić information content (AvgIpc) is 1.85. The quantitative estimate of drug-likeness (QED) is 0.645. The first-order valence-corrected chi connectivity index (χ1v) is 3.69. The summed E-state index contributed by atoms with van der Waals surface area (Å²) in [6.45, 7) is 1.49. The highest BCUT2D eigenvalue weighted by Gasteiger charge is 2.24. The van der Waals surface area contributed by atoms with Gasteiger partial charge in [-0.15, -0.1) is 0 Å². The third-order valence-electron chi connectivity index (χ3n) is 1.68. The van der Waals surface area contributed by atoms with Crippen molar-refractivity contribution in [2.45, 2.75) is 25.4 Å². The Labute approximate surface area is 66.2 Å². The van der Waals surface area contributed by atoms with Crippen molar-refractivity contribution >= 4 is 5.78 Å². The molecule has 0 aromatic carbocycles. The molecule has 0 aromatic heterocycles. The van der Waals surface area contributed by atoms with Gasteiger partial charge in [0.15, 0.2) is 0 Å². The first kappa shape index (κ1) is 8.21. The molecule has 0 aliphatic heterocycles. The van der Waals surface area contributed by atoms with E-state index in [0.717, 1.165) is 0 Å². The molecule has 0 saturated carbocycles. The van der Waals surface area contributed by atoms with Crippen LogP contribution >= 0.6 is 0 Å². The van der Waals surface area contributed by atoms with Crippen molar-refractivity contribution in [1.29, 1.82) is 0 Å². The van der Waals surface area contributed by atoms with Gasteiger partial charge in [-0.3, -0.25) is 4.79 Å². The number of carbonyl (C=O) groups is 1. The summed E-state index contributed by atoms with van der Waals surface area (Å²) >= 11 is 0. The number of carbonyl (C=O) groups excluding carboxylic acids is 1. The summed E-state index contributed by atoms with van der Waals surface area (Å²) in [5, 5.41) is 9.68. The molecule has 0 fully saturated rings. The van der Waals surface area contributed by atoms with E-state index in [2.05, 4.69) is 0 Å². The molecule has 1 aliphatic carbocycles. The van der Waals surface area contributed by atoms with Crippen LogP contribution in [-0.4, -0.2) is 16.5 Å². The van der Waals surface area contributed by atoms with Gasteiger partial charge in [-0.25, -0.2) is 0 Å². The van der Waals surface area contributed by atoms with E-state index < -0.39 is 5.60 Å². The van der Waals surface area contributed by atoms with Crippen molar-refractivity contribution in [3.8, 4) is 0 Å². The number of hydrogen-bond donors (Lipinski definition) is 1. The highest BCUT2D eigenvalue weighted by Crippen LogP contribution is 2.21. The number of allylic oxidation sites excluding steroid dienone is 2. The molecule has 0 bridgehead atoms. The fraction of sp³-hybridized carbons (Fsp3) is 0.444. The number of hydrogen-bond acceptors (Lipinski definition) is 2. The lowest BCUT2D eigenvalue weighted by molar-refractivity contribution is -0.120. The van der Waals surface area contributed by atoms with Gasteiger partial charge in [-0.1, -0.05) is 24.3 Å². The minimum absolute atomic E-state index is 0.0208. The summed E-state index contributed by atoms with van der Waals surface area (Å²) in [7, 11) is 0. The van der Waals surface area contributed by atoms with Gasteiger partial charge in [0.2, 0.25) is 0 Å². The smallest absolute Gasteiger partial charge is 0.133 e. The van der Waals surface area contributed by atoms with Crippen LogP contribution in [0.3, 0.4) is 0 Å². The molecule has 0 radical (unpaired) electrons. The summed E-state index contributed by atoms with van der Waals surface area (Å²) in [4.78, 5) is 10.7. The zero-order chi connectivity index (χ0) is 8.32. The molecule has 60 valence electrons. The van der Waals surface area contributed by atoms with Gasteiger partial charge in [0.1, 0.15) is 5.78 Å². The number of Topliss-reactive ketones (excluding diaryl/α,β-unsaturated/α-hetero) is 1. The molecule has 2 heteroatoms. The predicted molar refractivity (Wildman–Crippen MR) is 43.1 cm³/mol. The van der Waals surface area contributed by atoms with Gasteiger partial charge in [0.05, 0.1) is 5.60 Å². The standard InChI is InChI=1S/C9H12O2/c1-8(10)7-9(11)5-3-2-4-6-9/h2-5,11H,6-7H2,1H3/t9-/m0/s1. The van der Waals surface area contributed by atoms with Gasteiger partial charge < -0.3 is 5.11 Å². The molecule has 0 saturated heterocycles. The summed E-state index contributed by atoms with van der Waals surface area (Å²) in [5.74, 6) is 0.0208. The summed E-state index contributed by atoms with van der Waals surface area (Å²) in [6, 6.07) is 0. The topological polar surface area (TPSA) is 37.3 Å². The van der Waals surface area contributed by atoms with Crippen LogP contribution in [0.15, 0.2) is 24.3 Å². The molecule has 2 nitrogen and oxygen atoms in total. The molecule has 1 N–H and O–H groups in total. The van der Waals surface area contributed by atoms with Crippen LogP contribution in [0, 0.1) is 0 Å². The normalized spacial score (nSPS) is 28.9. The lowest BCUT2D eigenvalue weighted by Gasteiger charge is -2.23. The zero-order valence-electron chi connectivity index (χ0n) is 6.58. The van der Waals surface area contributed by atoms with Gasteiger partial charge in [0.25, 0.3) is 0 Å². The minimum atomic E-state index is -0.916. The molecule has 0 spiro atoms. The van der Waals surface area contributed by atoms with Crippen LogP contribution < -0.4 is 0 Å². The molecule has 1 atom stereocenters. The van der Waals surface area contributed by atoms with Gasteiger partial charge >= 0.3 is 0 Å². The van der Waals surface area contributed by atoms with Crippen molar-refractivity contribution in [3.05, 3.63) is 24.3 Å². The van der Waals surface area contributed by atoms with E-state index in [4.69, 9.17) is 0 Å². The number of rotatable bonds is 2. The highest BCUT2D eigenvalue weighted by molar-refractivity contribution is 5.77. The second-order valence-corrected chi connectivity index (χ2v) is 2.97. The average molecular weight is 152 g/mol. The monoisotopic (exact) mass is 152 g/mol. The SMILES string of the molecule is CC(=O)C[C@]1(O)C=CC=CC1. The van der Waals surface area contributed by atoms with Crippen LogP contribution in [-0.2, 0) is 4.79 Å². The fourth-order valence-electron chi connectivity index (χ4n) is 1.22. The lowest BCUT2D eigenvalue weighted by Crippen LogP contribution is -2.28. The first-order valence-electron chi connectivity index (χ1n) is 3.69. The number of ketones is 1. The van der Waals surface area contributed by atoms with Gasteiger partial charge in [-0.05, 0) is 13.3 Å². The second kappa shape index (κ2) is 3.01. The van der Waals surface area contributed by atoms with Crippen LogP contribution in [0.5, 0.6) is 0 Å². The van der Waals surface area contributed by atoms with Crippen molar-refractivity contribution in [3.63, 3.8) is 0 Å². The fourth-order valence-corrected chi connectivity index (χ4v) is 1.22. The van der Waals surface area contributed by atoms with Crippen LogP contribution in [0.1, 0.15) is 19.8 Å². The van der Waals surface area contributed by atoms with E-state index in [1.807, 2.05) is 12.2 Å². The van der Waals surface area contributed by atoms with E-state index in [0.29, 0.717) is 6.42 Å². The summed E-state index contributed by atoms with van der Waals surface area (Å²) in [6.07, 6.45) is 7.94. The molecule has 0 aromatic rings. The van der Waals surface area contributed by atoms with E-state index >= 15 is 0 Å². The van der Waals surface area contributed by atoms with Crippen molar-refractivity contribution in [2.24, 2.45) is 0 Å². The minimum Gasteiger partial charge on any atom is -0.385 e. The molecule has 1 aliphatic rings. The molecular formula is C9H12O2.